The second kappa shape index (κ2) is 10.0. The minimum atomic E-state index is -0.363. The molecule has 1 saturated carbocycles. The molecule has 0 aliphatic heterocycles. The van der Waals surface area contributed by atoms with Crippen LogP contribution in [0, 0.1) is 5.92 Å². The molecule has 7 heteroatoms. The number of nitrogens with one attached hydrogen (secondary N) is 3. The molecule has 0 unspecified atom stereocenters. The van der Waals surface area contributed by atoms with E-state index >= 15 is 0 Å². The molecule has 2 rings (SSSR count). The van der Waals surface area contributed by atoms with E-state index in [0.717, 1.165) is 19.3 Å². The zero-order valence-electron chi connectivity index (χ0n) is 19.7. The molecule has 1 aliphatic rings. The van der Waals surface area contributed by atoms with E-state index in [4.69, 9.17) is 0 Å². The molecule has 1 fully saturated rings. The SMILES string of the molecule is CC(C)(C)N[C@@H]1CC[C@H](NC(=O)CNC(=O)c2ccc(O)c(C(C)(C)C)c2)[C@@H](CO)C1. The van der Waals surface area contributed by atoms with E-state index in [1.54, 1.807) is 12.1 Å². The van der Waals surface area contributed by atoms with Crippen LogP contribution in [0.4, 0.5) is 0 Å². The Kier molecular flexibility index (Phi) is 8.11. The van der Waals surface area contributed by atoms with Crippen LogP contribution in [-0.4, -0.2) is 52.8 Å². The Bertz CT molecular complexity index is 780. The lowest BCUT2D eigenvalue weighted by Gasteiger charge is -2.39. The van der Waals surface area contributed by atoms with Gasteiger partial charge in [-0.2, -0.15) is 0 Å². The largest absolute Gasteiger partial charge is 0.508 e. The van der Waals surface area contributed by atoms with Gasteiger partial charge in [0.25, 0.3) is 5.91 Å². The first kappa shape index (κ1) is 25.1. The van der Waals surface area contributed by atoms with Crippen molar-refractivity contribution < 1.29 is 19.8 Å². The molecule has 0 radical (unpaired) electrons. The van der Waals surface area contributed by atoms with Crippen molar-refractivity contribution in [1.82, 2.24) is 16.0 Å². The fourth-order valence-electron chi connectivity index (χ4n) is 4.20. The van der Waals surface area contributed by atoms with Gasteiger partial charge >= 0.3 is 0 Å². The zero-order valence-corrected chi connectivity index (χ0v) is 19.7. The molecule has 31 heavy (non-hydrogen) atoms. The van der Waals surface area contributed by atoms with E-state index in [9.17, 15) is 19.8 Å². The lowest BCUT2D eigenvalue weighted by molar-refractivity contribution is -0.121. The first-order valence-corrected chi connectivity index (χ1v) is 11.1. The topological polar surface area (TPSA) is 111 Å². The molecule has 0 heterocycles. The summed E-state index contributed by atoms with van der Waals surface area (Å²) in [6.07, 6.45) is 2.51. The third-order valence-corrected chi connectivity index (χ3v) is 5.68. The van der Waals surface area contributed by atoms with Gasteiger partial charge in [-0.15, -0.1) is 0 Å². The third kappa shape index (κ3) is 7.51. The maximum Gasteiger partial charge on any atom is 0.251 e. The van der Waals surface area contributed by atoms with Crippen molar-refractivity contribution >= 4 is 11.8 Å². The number of amides is 2. The number of hydrogen-bond acceptors (Lipinski definition) is 5. The molecule has 3 atom stereocenters. The summed E-state index contributed by atoms with van der Waals surface area (Å²) in [7, 11) is 0. The molecular weight excluding hydrogens is 394 g/mol. The highest BCUT2D eigenvalue weighted by Gasteiger charge is 2.32. The van der Waals surface area contributed by atoms with E-state index < -0.39 is 0 Å². The van der Waals surface area contributed by atoms with Gasteiger partial charge in [0.15, 0.2) is 0 Å². The normalized spacial score (nSPS) is 22.1. The predicted octanol–water partition coefficient (Wildman–Crippen LogP) is 2.45. The Morgan fingerprint density at radius 2 is 1.77 bits per heavy atom. The summed E-state index contributed by atoms with van der Waals surface area (Å²) in [5.41, 5.74) is 0.776. The monoisotopic (exact) mass is 433 g/mol. The fourth-order valence-corrected chi connectivity index (χ4v) is 4.20. The number of rotatable bonds is 6. The molecule has 7 nitrogen and oxygen atoms in total. The molecule has 1 aromatic carbocycles. The van der Waals surface area contributed by atoms with Gasteiger partial charge in [0.1, 0.15) is 5.75 Å². The molecule has 5 N–H and O–H groups in total. The van der Waals surface area contributed by atoms with Crippen molar-refractivity contribution in [2.75, 3.05) is 13.2 Å². The van der Waals surface area contributed by atoms with E-state index in [2.05, 4.69) is 36.7 Å². The number of hydrogen-bond donors (Lipinski definition) is 5. The van der Waals surface area contributed by atoms with Gasteiger partial charge in [-0.3, -0.25) is 9.59 Å². The van der Waals surface area contributed by atoms with Crippen LogP contribution in [0.2, 0.25) is 0 Å². The van der Waals surface area contributed by atoms with Crippen LogP contribution in [0.5, 0.6) is 5.75 Å². The molecule has 0 bridgehead atoms. The molecule has 1 aromatic rings. The first-order valence-electron chi connectivity index (χ1n) is 11.1. The summed E-state index contributed by atoms with van der Waals surface area (Å²) in [6.45, 7) is 12.1. The van der Waals surface area contributed by atoms with Crippen molar-refractivity contribution in [3.63, 3.8) is 0 Å². The van der Waals surface area contributed by atoms with Crippen LogP contribution in [0.3, 0.4) is 0 Å². The van der Waals surface area contributed by atoms with Crippen LogP contribution < -0.4 is 16.0 Å². The molecule has 174 valence electrons. The second-order valence-corrected chi connectivity index (χ2v) is 10.7. The van der Waals surface area contributed by atoms with Gasteiger partial charge in [-0.25, -0.2) is 0 Å². The van der Waals surface area contributed by atoms with Gasteiger partial charge in [-0.1, -0.05) is 20.8 Å². The van der Waals surface area contributed by atoms with Crippen LogP contribution >= 0.6 is 0 Å². The van der Waals surface area contributed by atoms with Crippen LogP contribution in [0.1, 0.15) is 76.7 Å². The van der Waals surface area contributed by atoms with E-state index in [0.29, 0.717) is 17.2 Å². The Morgan fingerprint density at radius 3 is 2.35 bits per heavy atom. The number of carbonyl (C=O) groups is 2. The van der Waals surface area contributed by atoms with E-state index in [1.165, 1.54) is 6.07 Å². The smallest absolute Gasteiger partial charge is 0.251 e. The quantitative estimate of drug-likeness (QED) is 0.473. The molecule has 0 saturated heterocycles. The van der Waals surface area contributed by atoms with E-state index in [1.807, 2.05) is 20.8 Å². The molecule has 1 aliphatic carbocycles. The first-order chi connectivity index (χ1) is 14.3. The standard InChI is InChI=1S/C24H39N3O4/c1-23(2,3)18-12-15(7-10-20(18)29)22(31)25-13-21(30)26-19-9-8-17(11-16(19)14-28)27-24(4,5)6/h7,10,12,16-17,19,27-29H,8-9,11,13-14H2,1-6H3,(H,25,31)(H,26,30)/t16-,17-,19+/m1/s1. The molecular formula is C24H39N3O4. The third-order valence-electron chi connectivity index (χ3n) is 5.68. The minimum absolute atomic E-state index is 0.00607. The average Bonchev–Trinajstić information content (AvgIpc) is 2.65. The summed E-state index contributed by atoms with van der Waals surface area (Å²) in [6, 6.07) is 4.92. The number of aromatic hydroxyl groups is 1. The minimum Gasteiger partial charge on any atom is -0.508 e. The Labute approximate surface area is 186 Å². The number of carbonyl (C=O) groups excluding carboxylic acids is 2. The summed E-state index contributed by atoms with van der Waals surface area (Å²) in [5.74, 6) is -0.501. The molecule has 0 spiro atoms. The lowest BCUT2D eigenvalue weighted by Crippen LogP contribution is -2.53. The number of benzene rings is 1. The number of aliphatic hydroxyl groups is 1. The Hall–Kier alpha value is -2.12. The second-order valence-electron chi connectivity index (χ2n) is 10.7. The van der Waals surface area contributed by atoms with Gasteiger partial charge < -0.3 is 26.2 Å². The van der Waals surface area contributed by atoms with Crippen molar-refractivity contribution in [3.8, 4) is 5.75 Å². The zero-order chi connectivity index (χ0) is 23.4. The predicted molar refractivity (Wildman–Crippen MR) is 122 cm³/mol. The highest BCUT2D eigenvalue weighted by molar-refractivity contribution is 5.96. The maximum absolute atomic E-state index is 12.5. The van der Waals surface area contributed by atoms with Crippen LogP contribution in [0.15, 0.2) is 18.2 Å². The average molecular weight is 434 g/mol. The van der Waals surface area contributed by atoms with Crippen molar-refractivity contribution in [3.05, 3.63) is 29.3 Å². The van der Waals surface area contributed by atoms with Gasteiger partial charge in [0.2, 0.25) is 5.91 Å². The van der Waals surface area contributed by atoms with Gasteiger partial charge in [-0.05, 0) is 63.6 Å². The fraction of sp³-hybridized carbons (Fsp3) is 0.667. The Balaban J connectivity index is 1.90. The Morgan fingerprint density at radius 1 is 1.10 bits per heavy atom. The number of aliphatic hydroxyl groups excluding tert-OH is 1. The van der Waals surface area contributed by atoms with Gasteiger partial charge in [0.05, 0.1) is 6.54 Å². The van der Waals surface area contributed by atoms with E-state index in [-0.39, 0.29) is 53.6 Å². The van der Waals surface area contributed by atoms with Gasteiger partial charge in [0, 0.05) is 41.3 Å². The highest BCUT2D eigenvalue weighted by atomic mass is 16.3. The number of phenolic OH excluding ortho intramolecular Hbond substituents is 1. The highest BCUT2D eigenvalue weighted by Crippen LogP contribution is 2.31. The summed E-state index contributed by atoms with van der Waals surface area (Å²) in [4.78, 5) is 24.9. The van der Waals surface area contributed by atoms with Crippen molar-refractivity contribution in [2.45, 2.75) is 83.8 Å². The summed E-state index contributed by atoms with van der Waals surface area (Å²) in [5, 5.41) is 29.1. The van der Waals surface area contributed by atoms with Crippen molar-refractivity contribution in [2.24, 2.45) is 5.92 Å². The summed E-state index contributed by atoms with van der Waals surface area (Å²) < 4.78 is 0. The van der Waals surface area contributed by atoms with Crippen LogP contribution in [-0.2, 0) is 10.2 Å². The number of phenols is 1. The maximum atomic E-state index is 12.5. The van der Waals surface area contributed by atoms with Crippen LogP contribution in [0.25, 0.3) is 0 Å². The van der Waals surface area contributed by atoms with Crippen molar-refractivity contribution in [1.29, 1.82) is 0 Å². The lowest BCUT2D eigenvalue weighted by atomic mass is 9.81. The molecule has 2 amide bonds. The summed E-state index contributed by atoms with van der Waals surface area (Å²) >= 11 is 0. The molecule has 0 aromatic heterocycles.